The van der Waals surface area contributed by atoms with Gasteiger partial charge >= 0.3 is 6.09 Å². The normalized spacial score (nSPS) is 42.8. The first kappa shape index (κ1) is 15.6. The van der Waals surface area contributed by atoms with Crippen LogP contribution in [-0.2, 0) is 4.79 Å². The highest BCUT2D eigenvalue weighted by atomic mass is 16.4. The lowest BCUT2D eigenvalue weighted by atomic mass is 9.57. The summed E-state index contributed by atoms with van der Waals surface area (Å²) >= 11 is 0. The van der Waals surface area contributed by atoms with Gasteiger partial charge in [-0.25, -0.2) is 4.79 Å². The number of nitrogens with two attached hydrogens (primary N) is 1. The standard InChI is InChI=1S/C16H25NO.CH3NO2/c18-14-9-8-12-7-6-11-5-4-10-2-1-3-13(10)15(11)16(12)17-14;2-1(3)4/h10-13,15-16H,1-9H2,(H,17,18);2H2,(H,3,4). The average Bonchev–Trinajstić information content (AvgIpc) is 2.94. The summed E-state index contributed by atoms with van der Waals surface area (Å²) in [5, 5.41) is 10.6. The minimum atomic E-state index is -1.33. The molecule has 22 heavy (non-hydrogen) atoms. The number of primary amides is 1. The lowest BCUT2D eigenvalue weighted by molar-refractivity contribution is -0.127. The van der Waals surface area contributed by atoms with Crippen LogP contribution < -0.4 is 11.1 Å². The smallest absolute Gasteiger partial charge is 0.402 e. The number of rotatable bonds is 0. The number of fused-ring (bicyclic) bond motifs is 5. The van der Waals surface area contributed by atoms with E-state index in [1.54, 1.807) is 0 Å². The van der Waals surface area contributed by atoms with E-state index in [0.717, 1.165) is 42.4 Å². The second-order valence-corrected chi connectivity index (χ2v) is 7.58. The molecule has 3 saturated carbocycles. The average molecular weight is 308 g/mol. The summed E-state index contributed by atoms with van der Waals surface area (Å²) < 4.78 is 0. The van der Waals surface area contributed by atoms with Gasteiger partial charge in [0.2, 0.25) is 5.91 Å². The van der Waals surface area contributed by atoms with Crippen molar-refractivity contribution in [2.24, 2.45) is 35.3 Å². The zero-order valence-corrected chi connectivity index (χ0v) is 13.2. The largest absolute Gasteiger partial charge is 0.465 e. The molecule has 0 aromatic rings. The first-order valence-electron chi connectivity index (χ1n) is 8.84. The summed E-state index contributed by atoms with van der Waals surface area (Å²) in [6.45, 7) is 0. The van der Waals surface area contributed by atoms with E-state index in [2.05, 4.69) is 11.1 Å². The van der Waals surface area contributed by atoms with E-state index in [4.69, 9.17) is 9.90 Å². The fourth-order valence-electron chi connectivity index (χ4n) is 5.83. The molecule has 0 aromatic heterocycles. The second-order valence-electron chi connectivity index (χ2n) is 7.58. The maximum absolute atomic E-state index is 11.8. The molecule has 5 nitrogen and oxygen atoms in total. The topological polar surface area (TPSA) is 92.4 Å². The Morgan fingerprint density at radius 2 is 1.64 bits per heavy atom. The van der Waals surface area contributed by atoms with E-state index >= 15 is 0 Å². The quantitative estimate of drug-likeness (QED) is 0.642. The fraction of sp³-hybridized carbons (Fsp3) is 0.882. The van der Waals surface area contributed by atoms with Crippen LogP contribution in [0.25, 0.3) is 0 Å². The van der Waals surface area contributed by atoms with Crippen molar-refractivity contribution in [1.82, 2.24) is 5.32 Å². The first-order chi connectivity index (χ1) is 10.6. The zero-order chi connectivity index (χ0) is 15.7. The number of nitrogens with one attached hydrogen (secondary N) is 1. The molecule has 2 amide bonds. The van der Waals surface area contributed by atoms with Gasteiger partial charge in [-0.15, -0.1) is 0 Å². The van der Waals surface area contributed by atoms with Gasteiger partial charge in [0, 0.05) is 12.5 Å². The first-order valence-corrected chi connectivity index (χ1v) is 8.84. The molecule has 1 saturated heterocycles. The number of carboxylic acid groups (broad SMARTS) is 1. The van der Waals surface area contributed by atoms with Crippen molar-refractivity contribution in [2.45, 2.75) is 63.8 Å². The number of hydrogen-bond acceptors (Lipinski definition) is 2. The maximum Gasteiger partial charge on any atom is 0.402 e. The van der Waals surface area contributed by atoms with Crippen LogP contribution in [0.1, 0.15) is 57.8 Å². The Balaban J connectivity index is 0.000000325. The lowest BCUT2D eigenvalue weighted by Crippen LogP contribution is -2.57. The Kier molecular flexibility index (Phi) is 4.59. The van der Waals surface area contributed by atoms with Crippen LogP contribution in [0.15, 0.2) is 0 Å². The second kappa shape index (κ2) is 6.47. The third-order valence-corrected chi connectivity index (χ3v) is 6.57. The Morgan fingerprint density at radius 1 is 1.00 bits per heavy atom. The predicted octanol–water partition coefficient (Wildman–Crippen LogP) is 2.74. The molecule has 1 heterocycles. The van der Waals surface area contributed by atoms with Crippen molar-refractivity contribution < 1.29 is 14.7 Å². The SMILES string of the molecule is NC(=O)O.O=C1CCC2CCC3CCC4CCCC4C3C2N1. The summed E-state index contributed by atoms with van der Waals surface area (Å²) in [7, 11) is 0. The summed E-state index contributed by atoms with van der Waals surface area (Å²) in [4.78, 5) is 20.6. The Morgan fingerprint density at radius 3 is 2.36 bits per heavy atom. The number of carbonyl (C=O) groups excluding carboxylic acids is 1. The van der Waals surface area contributed by atoms with Gasteiger partial charge in [-0.2, -0.15) is 0 Å². The van der Waals surface area contributed by atoms with Crippen LogP contribution in [0.5, 0.6) is 0 Å². The van der Waals surface area contributed by atoms with Crippen molar-refractivity contribution >= 4 is 12.0 Å². The predicted molar refractivity (Wildman–Crippen MR) is 83.1 cm³/mol. The van der Waals surface area contributed by atoms with Crippen LogP contribution in [0, 0.1) is 29.6 Å². The van der Waals surface area contributed by atoms with Crippen LogP contribution >= 0.6 is 0 Å². The minimum absolute atomic E-state index is 0.331. The molecule has 0 bridgehead atoms. The van der Waals surface area contributed by atoms with E-state index in [9.17, 15) is 4.79 Å². The number of hydrogen-bond donors (Lipinski definition) is 3. The number of carbonyl (C=O) groups is 2. The van der Waals surface area contributed by atoms with Crippen molar-refractivity contribution in [1.29, 1.82) is 0 Å². The summed E-state index contributed by atoms with van der Waals surface area (Å²) in [5.41, 5.74) is 4.03. The molecule has 124 valence electrons. The highest BCUT2D eigenvalue weighted by Gasteiger charge is 2.50. The molecule has 4 rings (SSSR count). The van der Waals surface area contributed by atoms with Gasteiger partial charge in [0.1, 0.15) is 0 Å². The van der Waals surface area contributed by atoms with Crippen LogP contribution in [0.2, 0.25) is 0 Å². The van der Waals surface area contributed by atoms with Gasteiger partial charge in [0.05, 0.1) is 0 Å². The lowest BCUT2D eigenvalue weighted by Gasteiger charge is -2.52. The van der Waals surface area contributed by atoms with E-state index < -0.39 is 6.09 Å². The van der Waals surface area contributed by atoms with Gasteiger partial charge in [-0.1, -0.05) is 12.8 Å². The molecule has 1 aliphatic heterocycles. The number of amides is 2. The van der Waals surface area contributed by atoms with Gasteiger partial charge in [0.25, 0.3) is 0 Å². The van der Waals surface area contributed by atoms with Crippen LogP contribution in [0.3, 0.4) is 0 Å². The molecule has 5 heteroatoms. The maximum atomic E-state index is 11.8. The third-order valence-electron chi connectivity index (χ3n) is 6.57. The van der Waals surface area contributed by atoms with Crippen molar-refractivity contribution in [3.05, 3.63) is 0 Å². The summed E-state index contributed by atoms with van der Waals surface area (Å²) in [6, 6.07) is 0.552. The van der Waals surface area contributed by atoms with E-state index in [-0.39, 0.29) is 0 Å². The van der Waals surface area contributed by atoms with Crippen molar-refractivity contribution in [3.63, 3.8) is 0 Å². The Hall–Kier alpha value is -1.26. The molecular weight excluding hydrogens is 280 g/mol. The number of piperidine rings is 1. The molecule has 4 fully saturated rings. The monoisotopic (exact) mass is 308 g/mol. The van der Waals surface area contributed by atoms with Crippen LogP contribution in [-0.4, -0.2) is 23.1 Å². The molecular formula is C17H28N2O3. The van der Waals surface area contributed by atoms with Crippen molar-refractivity contribution in [2.75, 3.05) is 0 Å². The molecule has 0 radical (unpaired) electrons. The molecule has 6 unspecified atom stereocenters. The summed E-state index contributed by atoms with van der Waals surface area (Å²) in [5.74, 6) is 4.87. The Bertz CT molecular complexity index is 436. The van der Waals surface area contributed by atoms with Gasteiger partial charge < -0.3 is 16.2 Å². The molecule has 6 atom stereocenters. The van der Waals surface area contributed by atoms with Gasteiger partial charge in [-0.3, -0.25) is 4.79 Å². The Labute approximate surface area is 132 Å². The third kappa shape index (κ3) is 3.08. The van der Waals surface area contributed by atoms with Gasteiger partial charge in [0.15, 0.2) is 0 Å². The van der Waals surface area contributed by atoms with E-state index in [1.807, 2.05) is 0 Å². The summed E-state index contributed by atoms with van der Waals surface area (Å²) in [6.07, 6.45) is 10.7. The molecule has 0 aromatic carbocycles. The molecule has 3 aliphatic carbocycles. The minimum Gasteiger partial charge on any atom is -0.465 e. The van der Waals surface area contributed by atoms with Crippen molar-refractivity contribution in [3.8, 4) is 0 Å². The van der Waals surface area contributed by atoms with E-state index in [0.29, 0.717) is 11.9 Å². The zero-order valence-electron chi connectivity index (χ0n) is 13.2. The molecule has 4 N–H and O–H groups in total. The van der Waals surface area contributed by atoms with Crippen LogP contribution in [0.4, 0.5) is 4.79 Å². The molecule has 4 aliphatic rings. The van der Waals surface area contributed by atoms with E-state index in [1.165, 1.54) is 44.9 Å². The van der Waals surface area contributed by atoms with Gasteiger partial charge in [-0.05, 0) is 68.1 Å². The fourth-order valence-corrected chi connectivity index (χ4v) is 5.83. The highest BCUT2D eigenvalue weighted by molar-refractivity contribution is 5.77. The highest BCUT2D eigenvalue weighted by Crippen LogP contribution is 2.54. The molecule has 0 spiro atoms.